The van der Waals surface area contributed by atoms with Crippen LogP contribution in [0.5, 0.6) is 0 Å². The molecule has 1 aliphatic rings. The van der Waals surface area contributed by atoms with Gasteiger partial charge in [-0.15, -0.1) is 0 Å². The van der Waals surface area contributed by atoms with Crippen molar-refractivity contribution in [3.05, 3.63) is 53.1 Å². The van der Waals surface area contributed by atoms with Gasteiger partial charge in [-0.1, -0.05) is 61.2 Å². The minimum atomic E-state index is -4.02. The molecule has 0 bridgehead atoms. The number of hydrogen-bond acceptors (Lipinski definition) is 6. The molecular weight excluding hydrogens is 518 g/mol. The fraction of sp³-hybridized carbons (Fsp3) is 0.462. The lowest BCUT2D eigenvalue weighted by Crippen LogP contribution is -2.35. The molecule has 36 heavy (non-hydrogen) atoms. The Bertz CT molecular complexity index is 1170. The van der Waals surface area contributed by atoms with Gasteiger partial charge in [-0.05, 0) is 36.5 Å². The summed E-state index contributed by atoms with van der Waals surface area (Å²) in [5.41, 5.74) is 1.85. The monoisotopic (exact) mass is 551 g/mol. The van der Waals surface area contributed by atoms with Crippen molar-refractivity contribution in [3.63, 3.8) is 0 Å². The number of hydrogen-bond donors (Lipinski definition) is 4. The summed E-state index contributed by atoms with van der Waals surface area (Å²) in [6.07, 6.45) is 6.58. The molecule has 3 rings (SSSR count). The maximum absolute atomic E-state index is 12.6. The van der Waals surface area contributed by atoms with E-state index in [1.165, 1.54) is 38.2 Å². The first-order valence-electron chi connectivity index (χ1n) is 12.2. The molecule has 2 aromatic rings. The number of rotatable bonds is 11. The molecule has 0 aliphatic heterocycles. The molecule has 0 saturated heterocycles. The van der Waals surface area contributed by atoms with Crippen LogP contribution in [0.2, 0.25) is 5.02 Å². The highest BCUT2D eigenvalue weighted by molar-refractivity contribution is 7.90. The molecule has 1 saturated carbocycles. The highest BCUT2D eigenvalue weighted by atomic mass is 35.5. The quantitative estimate of drug-likeness (QED) is 0.246. The standard InChI is InChI=1S/C26H34ClN3O4S2/c1-18(31)30-36(33,34)25-10-6-5-9-22(25)21-12-11-19(15-23(21)27)16-28-14-13-26(32)29-17-24(35)20-7-3-2-4-8-20/h5-6,9-12,15,20,24,28,35H,2-4,7-8,13-14,16-17H2,1H3,(H,29,32)(H,30,31)/t24-/m0/s1. The van der Waals surface area contributed by atoms with Gasteiger partial charge in [-0.25, -0.2) is 13.1 Å². The normalized spacial score (nSPS) is 15.3. The van der Waals surface area contributed by atoms with Crippen LogP contribution in [0.1, 0.15) is 51.0 Å². The van der Waals surface area contributed by atoms with Gasteiger partial charge in [0.25, 0.3) is 10.0 Å². The minimum absolute atomic E-state index is 0.00252. The topological polar surface area (TPSA) is 104 Å². The first-order chi connectivity index (χ1) is 17.2. The molecule has 1 atom stereocenters. The maximum Gasteiger partial charge on any atom is 0.264 e. The molecule has 0 radical (unpaired) electrons. The average molecular weight is 552 g/mol. The number of benzene rings is 2. The summed E-state index contributed by atoms with van der Waals surface area (Å²) < 4.78 is 27.2. The van der Waals surface area contributed by atoms with Crippen molar-refractivity contribution in [1.29, 1.82) is 0 Å². The van der Waals surface area contributed by atoms with Crippen molar-refractivity contribution in [2.45, 2.75) is 62.1 Å². The van der Waals surface area contributed by atoms with Gasteiger partial charge in [-0.3, -0.25) is 9.59 Å². The molecule has 3 N–H and O–H groups in total. The summed E-state index contributed by atoms with van der Waals surface area (Å²) in [5.74, 6) is -0.0749. The molecular formula is C26H34ClN3O4S2. The molecule has 2 aromatic carbocycles. The molecule has 196 valence electrons. The number of carbonyl (C=O) groups is 2. The zero-order valence-corrected chi connectivity index (χ0v) is 22.9. The van der Waals surface area contributed by atoms with Crippen LogP contribution in [0.15, 0.2) is 47.4 Å². The predicted octanol–water partition coefficient (Wildman–Crippen LogP) is 4.31. The van der Waals surface area contributed by atoms with Gasteiger partial charge in [0.15, 0.2) is 0 Å². The molecule has 7 nitrogen and oxygen atoms in total. The average Bonchev–Trinajstić information content (AvgIpc) is 2.85. The van der Waals surface area contributed by atoms with Gasteiger partial charge in [0.2, 0.25) is 11.8 Å². The summed E-state index contributed by atoms with van der Waals surface area (Å²) in [6.45, 7) is 2.77. The van der Waals surface area contributed by atoms with Crippen LogP contribution in [-0.2, 0) is 26.2 Å². The van der Waals surface area contributed by atoms with Crippen LogP contribution in [0, 0.1) is 5.92 Å². The Morgan fingerprint density at radius 1 is 1.08 bits per heavy atom. The van der Waals surface area contributed by atoms with Crippen molar-refractivity contribution >= 4 is 46.1 Å². The lowest BCUT2D eigenvalue weighted by molar-refractivity contribution is -0.121. The van der Waals surface area contributed by atoms with E-state index in [1.807, 2.05) is 10.8 Å². The van der Waals surface area contributed by atoms with Gasteiger partial charge < -0.3 is 10.6 Å². The van der Waals surface area contributed by atoms with E-state index in [2.05, 4.69) is 10.6 Å². The predicted molar refractivity (Wildman–Crippen MR) is 147 cm³/mol. The Hall–Kier alpha value is -2.07. The molecule has 1 aliphatic carbocycles. The zero-order chi connectivity index (χ0) is 26.1. The zero-order valence-electron chi connectivity index (χ0n) is 20.4. The van der Waals surface area contributed by atoms with E-state index < -0.39 is 15.9 Å². The molecule has 0 spiro atoms. The van der Waals surface area contributed by atoms with Crippen LogP contribution in [-0.4, -0.2) is 38.6 Å². The number of amides is 2. The van der Waals surface area contributed by atoms with Gasteiger partial charge in [0.05, 0.1) is 4.90 Å². The fourth-order valence-corrected chi connectivity index (χ4v) is 6.39. The third-order valence-electron chi connectivity index (χ3n) is 6.34. The summed E-state index contributed by atoms with van der Waals surface area (Å²) >= 11 is 11.2. The van der Waals surface area contributed by atoms with E-state index >= 15 is 0 Å². The van der Waals surface area contributed by atoms with Gasteiger partial charge in [0.1, 0.15) is 0 Å². The minimum Gasteiger partial charge on any atom is -0.355 e. The largest absolute Gasteiger partial charge is 0.355 e. The first-order valence-corrected chi connectivity index (χ1v) is 14.6. The second kappa shape index (κ2) is 13.5. The molecule has 0 aromatic heterocycles. The molecule has 2 amide bonds. The third kappa shape index (κ3) is 8.23. The number of carbonyl (C=O) groups excluding carboxylic acids is 2. The Morgan fingerprint density at radius 3 is 2.50 bits per heavy atom. The Morgan fingerprint density at radius 2 is 1.81 bits per heavy atom. The van der Waals surface area contributed by atoms with Crippen molar-refractivity contribution in [3.8, 4) is 11.1 Å². The van der Waals surface area contributed by atoms with Crippen LogP contribution < -0.4 is 15.4 Å². The summed E-state index contributed by atoms with van der Waals surface area (Å²) in [4.78, 5) is 23.5. The second-order valence-corrected chi connectivity index (χ2v) is 11.9. The van der Waals surface area contributed by atoms with Crippen molar-refractivity contribution in [2.75, 3.05) is 13.1 Å². The van der Waals surface area contributed by atoms with E-state index in [0.717, 1.165) is 12.5 Å². The van der Waals surface area contributed by atoms with Crippen molar-refractivity contribution in [2.24, 2.45) is 5.92 Å². The van der Waals surface area contributed by atoms with Crippen molar-refractivity contribution in [1.82, 2.24) is 15.4 Å². The molecule has 1 fully saturated rings. The number of halogens is 1. The number of sulfonamides is 1. The highest BCUT2D eigenvalue weighted by Gasteiger charge is 2.22. The molecule has 10 heteroatoms. The maximum atomic E-state index is 12.6. The Labute approximate surface area is 224 Å². The summed E-state index contributed by atoms with van der Waals surface area (Å²) in [5, 5.41) is 6.83. The third-order valence-corrected chi connectivity index (χ3v) is 8.75. The molecule has 0 unspecified atom stereocenters. The first kappa shape index (κ1) is 28.5. The molecule has 0 heterocycles. The lowest BCUT2D eigenvalue weighted by Gasteiger charge is -2.27. The van der Waals surface area contributed by atoms with E-state index in [0.29, 0.717) is 48.1 Å². The van der Waals surface area contributed by atoms with E-state index in [9.17, 15) is 18.0 Å². The van der Waals surface area contributed by atoms with E-state index in [1.54, 1.807) is 30.3 Å². The number of thiol groups is 1. The van der Waals surface area contributed by atoms with E-state index in [4.69, 9.17) is 24.2 Å². The smallest absolute Gasteiger partial charge is 0.264 e. The Kier molecular flexibility index (Phi) is 10.7. The van der Waals surface area contributed by atoms with E-state index in [-0.39, 0.29) is 16.1 Å². The van der Waals surface area contributed by atoms with Crippen LogP contribution in [0.3, 0.4) is 0 Å². The highest BCUT2D eigenvalue weighted by Crippen LogP contribution is 2.33. The van der Waals surface area contributed by atoms with Crippen LogP contribution >= 0.6 is 24.2 Å². The van der Waals surface area contributed by atoms with Gasteiger partial charge in [0, 0.05) is 54.4 Å². The second-order valence-electron chi connectivity index (χ2n) is 9.17. The lowest BCUT2D eigenvalue weighted by atomic mass is 9.86. The summed E-state index contributed by atoms with van der Waals surface area (Å²) in [7, 11) is -4.02. The summed E-state index contributed by atoms with van der Waals surface area (Å²) in [6, 6.07) is 11.8. The van der Waals surface area contributed by atoms with Crippen LogP contribution in [0.25, 0.3) is 11.1 Å². The fourth-order valence-electron chi connectivity index (χ4n) is 4.48. The SMILES string of the molecule is CC(=O)NS(=O)(=O)c1ccccc1-c1ccc(CNCCC(=O)NC[C@H](S)C2CCCCC2)cc1Cl. The number of nitrogens with one attached hydrogen (secondary N) is 3. The van der Waals surface area contributed by atoms with Gasteiger partial charge in [-0.2, -0.15) is 12.6 Å². The Balaban J connectivity index is 1.51. The van der Waals surface area contributed by atoms with Gasteiger partial charge >= 0.3 is 0 Å². The van der Waals surface area contributed by atoms with Crippen molar-refractivity contribution < 1.29 is 18.0 Å². The van der Waals surface area contributed by atoms with Crippen LogP contribution in [0.4, 0.5) is 0 Å².